The summed E-state index contributed by atoms with van der Waals surface area (Å²) in [6, 6.07) is 0. The van der Waals surface area contributed by atoms with E-state index in [-0.39, 0.29) is 0 Å². The van der Waals surface area contributed by atoms with E-state index in [0.717, 1.165) is 0 Å². The minimum absolute atomic E-state index is 0.683. The molecule has 136 valence electrons. The lowest BCUT2D eigenvalue weighted by atomic mass is 9.97. The van der Waals surface area contributed by atoms with Crippen molar-refractivity contribution < 1.29 is 0 Å². The normalized spacial score (nSPS) is 22.7. The molecular formula is C22H42S. The van der Waals surface area contributed by atoms with Crippen LogP contribution in [-0.4, -0.2) is 9.49 Å². The van der Waals surface area contributed by atoms with E-state index < -0.39 is 0 Å². The van der Waals surface area contributed by atoms with E-state index in [2.05, 4.69) is 25.6 Å². The van der Waals surface area contributed by atoms with Gasteiger partial charge in [0.1, 0.15) is 0 Å². The van der Waals surface area contributed by atoms with Crippen LogP contribution in [0.2, 0.25) is 0 Å². The molecule has 0 aromatic rings. The summed E-state index contributed by atoms with van der Waals surface area (Å²) in [6.45, 7) is 4.67. The van der Waals surface area contributed by atoms with Crippen molar-refractivity contribution in [1.29, 1.82) is 0 Å². The lowest BCUT2D eigenvalue weighted by Gasteiger charge is -2.40. The number of unbranched alkanes of at least 4 members (excludes halogenated alkanes) is 6. The van der Waals surface area contributed by atoms with Gasteiger partial charge in [-0.1, -0.05) is 90.9 Å². The zero-order valence-electron chi connectivity index (χ0n) is 16.1. The molecule has 0 unspecified atom stereocenters. The van der Waals surface area contributed by atoms with Crippen molar-refractivity contribution in [1.82, 2.24) is 0 Å². The molecule has 23 heavy (non-hydrogen) atoms. The molecule has 1 heteroatoms. The lowest BCUT2D eigenvalue weighted by molar-refractivity contribution is 0.472. The van der Waals surface area contributed by atoms with Gasteiger partial charge >= 0.3 is 0 Å². The van der Waals surface area contributed by atoms with Crippen LogP contribution in [0.25, 0.3) is 0 Å². The first-order valence-electron chi connectivity index (χ1n) is 10.9. The van der Waals surface area contributed by atoms with Crippen LogP contribution in [0.4, 0.5) is 0 Å². The largest absolute Gasteiger partial charge is 0.148 e. The van der Waals surface area contributed by atoms with E-state index in [1.54, 1.807) is 0 Å². The molecule has 2 fully saturated rings. The van der Waals surface area contributed by atoms with Gasteiger partial charge in [0, 0.05) is 9.49 Å². The Morgan fingerprint density at radius 3 is 1.30 bits per heavy atom. The maximum Gasteiger partial charge on any atom is 0.0165 e. The van der Waals surface area contributed by atoms with E-state index in [1.165, 1.54) is 116 Å². The minimum atomic E-state index is 0.683. The molecule has 0 aromatic carbocycles. The Morgan fingerprint density at radius 2 is 0.957 bits per heavy atom. The molecule has 0 spiro atoms. The molecular weight excluding hydrogens is 296 g/mol. The van der Waals surface area contributed by atoms with E-state index in [0.29, 0.717) is 9.49 Å². The molecule has 0 bridgehead atoms. The maximum atomic E-state index is 2.53. The monoisotopic (exact) mass is 338 g/mol. The van der Waals surface area contributed by atoms with Crippen molar-refractivity contribution in [3.05, 3.63) is 0 Å². The highest BCUT2D eigenvalue weighted by molar-refractivity contribution is 8.02. The predicted molar refractivity (Wildman–Crippen MR) is 108 cm³/mol. The first kappa shape index (κ1) is 19.7. The molecule has 0 amide bonds. The van der Waals surface area contributed by atoms with Gasteiger partial charge in [0.15, 0.2) is 0 Å². The van der Waals surface area contributed by atoms with Gasteiger partial charge in [-0.15, -0.1) is 11.8 Å². The fourth-order valence-electron chi connectivity index (χ4n) is 5.05. The molecule has 2 aliphatic rings. The molecule has 2 saturated carbocycles. The second-order valence-electron chi connectivity index (χ2n) is 8.50. The third-order valence-corrected chi connectivity index (χ3v) is 8.53. The average Bonchev–Trinajstić information content (AvgIpc) is 3.19. The summed E-state index contributed by atoms with van der Waals surface area (Å²) in [5.74, 6) is 0. The Hall–Kier alpha value is 0.350. The third-order valence-electron chi connectivity index (χ3n) is 6.43. The zero-order valence-corrected chi connectivity index (χ0v) is 17.0. The summed E-state index contributed by atoms with van der Waals surface area (Å²) in [5, 5.41) is 0. The maximum absolute atomic E-state index is 2.53. The predicted octanol–water partition coefficient (Wildman–Crippen LogP) is 8.29. The molecule has 0 saturated heterocycles. The first-order chi connectivity index (χ1) is 11.2. The van der Waals surface area contributed by atoms with Crippen molar-refractivity contribution in [2.45, 2.75) is 139 Å². The van der Waals surface area contributed by atoms with Crippen LogP contribution in [0.3, 0.4) is 0 Å². The summed E-state index contributed by atoms with van der Waals surface area (Å²) < 4.78 is 1.37. The Balaban J connectivity index is 1.89. The van der Waals surface area contributed by atoms with Crippen molar-refractivity contribution in [3.8, 4) is 0 Å². The standard InChI is InChI=1S/C22H42S/c1-3-5-7-9-15-21(17-11-12-18-21)23-22(19-13-14-20-22)16-10-8-6-4-2/h3-20H2,1-2H3. The van der Waals surface area contributed by atoms with Gasteiger partial charge in [-0.05, 0) is 38.5 Å². The fourth-order valence-corrected chi connectivity index (χ4v) is 7.45. The Morgan fingerprint density at radius 1 is 0.565 bits per heavy atom. The van der Waals surface area contributed by atoms with Crippen LogP contribution in [-0.2, 0) is 0 Å². The second kappa shape index (κ2) is 10.4. The summed E-state index contributed by atoms with van der Waals surface area (Å²) in [4.78, 5) is 0. The second-order valence-corrected chi connectivity index (χ2v) is 10.4. The summed E-state index contributed by atoms with van der Waals surface area (Å²) in [5.41, 5.74) is 0. The van der Waals surface area contributed by atoms with Crippen molar-refractivity contribution in [2.75, 3.05) is 0 Å². The highest BCUT2D eigenvalue weighted by Crippen LogP contribution is 2.56. The molecule has 0 aliphatic heterocycles. The van der Waals surface area contributed by atoms with Crippen molar-refractivity contribution in [2.24, 2.45) is 0 Å². The Kier molecular flexibility index (Phi) is 8.87. The molecule has 2 aliphatic carbocycles. The summed E-state index contributed by atoms with van der Waals surface area (Å²) in [7, 11) is 0. The van der Waals surface area contributed by atoms with E-state index in [9.17, 15) is 0 Å². The lowest BCUT2D eigenvalue weighted by Crippen LogP contribution is -2.31. The number of hydrogen-bond donors (Lipinski definition) is 0. The van der Waals surface area contributed by atoms with E-state index >= 15 is 0 Å². The number of hydrogen-bond acceptors (Lipinski definition) is 1. The highest BCUT2D eigenvalue weighted by Gasteiger charge is 2.44. The molecule has 0 N–H and O–H groups in total. The summed E-state index contributed by atoms with van der Waals surface area (Å²) >= 11 is 2.53. The van der Waals surface area contributed by atoms with Gasteiger partial charge in [0.05, 0.1) is 0 Å². The van der Waals surface area contributed by atoms with E-state index in [4.69, 9.17) is 0 Å². The van der Waals surface area contributed by atoms with Gasteiger partial charge in [-0.25, -0.2) is 0 Å². The number of thioether (sulfide) groups is 1. The SMILES string of the molecule is CCCCCCC1(SC2(CCCCCC)CCCC2)CCCC1. The highest BCUT2D eigenvalue weighted by atomic mass is 32.2. The van der Waals surface area contributed by atoms with Crippen LogP contribution >= 0.6 is 11.8 Å². The quantitative estimate of drug-likeness (QED) is 0.322. The molecule has 0 radical (unpaired) electrons. The zero-order chi connectivity index (χ0) is 16.4. The molecule has 0 atom stereocenters. The number of rotatable bonds is 12. The topological polar surface area (TPSA) is 0 Å². The van der Waals surface area contributed by atoms with Crippen molar-refractivity contribution >= 4 is 11.8 Å². The first-order valence-corrected chi connectivity index (χ1v) is 11.8. The molecule has 0 nitrogen and oxygen atoms in total. The molecule has 0 aromatic heterocycles. The van der Waals surface area contributed by atoms with Crippen LogP contribution in [0.1, 0.15) is 129 Å². The molecule has 2 rings (SSSR count). The smallest absolute Gasteiger partial charge is 0.0165 e. The summed E-state index contributed by atoms with van der Waals surface area (Å²) in [6.07, 6.45) is 26.8. The third kappa shape index (κ3) is 6.29. The van der Waals surface area contributed by atoms with Crippen LogP contribution < -0.4 is 0 Å². The fraction of sp³-hybridized carbons (Fsp3) is 1.00. The van der Waals surface area contributed by atoms with Gasteiger partial charge in [0.25, 0.3) is 0 Å². The van der Waals surface area contributed by atoms with Gasteiger partial charge < -0.3 is 0 Å². The minimum Gasteiger partial charge on any atom is -0.148 e. The van der Waals surface area contributed by atoms with Crippen molar-refractivity contribution in [3.63, 3.8) is 0 Å². The van der Waals surface area contributed by atoms with Crippen LogP contribution in [0.5, 0.6) is 0 Å². The van der Waals surface area contributed by atoms with Crippen LogP contribution in [0, 0.1) is 0 Å². The van der Waals surface area contributed by atoms with Gasteiger partial charge in [-0.2, -0.15) is 0 Å². The average molecular weight is 339 g/mol. The van der Waals surface area contributed by atoms with Gasteiger partial charge in [0.2, 0.25) is 0 Å². The Bertz CT molecular complexity index is 267. The molecule has 0 heterocycles. The van der Waals surface area contributed by atoms with Crippen LogP contribution in [0.15, 0.2) is 0 Å². The van der Waals surface area contributed by atoms with E-state index in [1.807, 2.05) is 0 Å². The van der Waals surface area contributed by atoms with Gasteiger partial charge in [-0.3, -0.25) is 0 Å². The Labute approximate surface area is 151 Å².